The van der Waals surface area contributed by atoms with E-state index in [2.05, 4.69) is 9.97 Å². The number of anilines is 1. The predicted octanol–water partition coefficient (Wildman–Crippen LogP) is 4.02. The molecule has 11 heteroatoms. The molecule has 0 atom stereocenters. The number of primary sulfonamides is 1. The lowest BCUT2D eigenvalue weighted by Crippen LogP contribution is -2.13. The van der Waals surface area contributed by atoms with E-state index in [1.807, 2.05) is 0 Å². The van der Waals surface area contributed by atoms with Gasteiger partial charge in [-0.3, -0.25) is 0 Å². The Kier molecular flexibility index (Phi) is 5.28. The van der Waals surface area contributed by atoms with Gasteiger partial charge < -0.3 is 5.73 Å². The summed E-state index contributed by atoms with van der Waals surface area (Å²) in [6.45, 7) is 1.63. The van der Waals surface area contributed by atoms with E-state index in [1.54, 1.807) is 6.92 Å². The summed E-state index contributed by atoms with van der Waals surface area (Å²) in [7, 11) is -4.27. The fraction of sp³-hybridized carbons (Fsp3) is 0.111. The van der Waals surface area contributed by atoms with E-state index < -0.39 is 26.7 Å². The summed E-state index contributed by atoms with van der Waals surface area (Å²) in [4.78, 5) is 7.47. The van der Waals surface area contributed by atoms with Gasteiger partial charge in [0.1, 0.15) is 4.90 Å². The second-order valence-corrected chi connectivity index (χ2v) is 8.09. The maximum Gasteiger partial charge on any atom is 0.416 e. The molecule has 0 saturated carbocycles. The Labute approximate surface area is 169 Å². The fourth-order valence-corrected chi connectivity index (χ4v) is 3.99. The van der Waals surface area contributed by atoms with Gasteiger partial charge in [-0.05, 0) is 42.3 Å². The number of hydrogen-bond donors (Lipinski definition) is 2. The molecular formula is C18H14ClF3N4O2S. The van der Waals surface area contributed by atoms with Crippen LogP contribution in [0.2, 0.25) is 5.02 Å². The highest BCUT2D eigenvalue weighted by Crippen LogP contribution is 2.39. The van der Waals surface area contributed by atoms with Crippen molar-refractivity contribution in [1.29, 1.82) is 0 Å². The lowest BCUT2D eigenvalue weighted by atomic mass is 9.97. The van der Waals surface area contributed by atoms with Gasteiger partial charge in [-0.25, -0.2) is 23.5 Å². The van der Waals surface area contributed by atoms with Crippen molar-refractivity contribution in [3.63, 3.8) is 0 Å². The van der Waals surface area contributed by atoms with Crippen LogP contribution in [0.15, 0.2) is 47.5 Å². The summed E-state index contributed by atoms with van der Waals surface area (Å²) in [6, 6.07) is 7.05. The first kappa shape index (κ1) is 21.0. The molecule has 0 aliphatic carbocycles. The monoisotopic (exact) mass is 442 g/mol. The molecule has 1 aromatic heterocycles. The predicted molar refractivity (Wildman–Crippen MR) is 103 cm³/mol. The molecule has 3 aromatic rings. The Morgan fingerprint density at radius 3 is 2.34 bits per heavy atom. The molecular weight excluding hydrogens is 429 g/mol. The minimum atomic E-state index is -4.58. The summed E-state index contributed by atoms with van der Waals surface area (Å²) >= 11 is 6.23. The average Bonchev–Trinajstić information content (AvgIpc) is 2.60. The van der Waals surface area contributed by atoms with Crippen molar-refractivity contribution in [3.05, 3.63) is 58.9 Å². The van der Waals surface area contributed by atoms with Gasteiger partial charge in [0.15, 0.2) is 0 Å². The van der Waals surface area contributed by atoms with Crippen molar-refractivity contribution < 1.29 is 21.6 Å². The van der Waals surface area contributed by atoms with Crippen LogP contribution in [0.25, 0.3) is 22.3 Å². The smallest absolute Gasteiger partial charge is 0.368 e. The highest BCUT2D eigenvalue weighted by molar-refractivity contribution is 7.89. The third kappa shape index (κ3) is 4.34. The van der Waals surface area contributed by atoms with Crippen molar-refractivity contribution in [2.75, 3.05) is 5.73 Å². The lowest BCUT2D eigenvalue weighted by molar-refractivity contribution is -0.137. The molecule has 0 spiro atoms. The van der Waals surface area contributed by atoms with Crippen LogP contribution < -0.4 is 10.9 Å². The van der Waals surface area contributed by atoms with Crippen LogP contribution in [-0.4, -0.2) is 18.4 Å². The van der Waals surface area contributed by atoms with Gasteiger partial charge in [-0.2, -0.15) is 13.2 Å². The van der Waals surface area contributed by atoms with Crippen molar-refractivity contribution in [2.24, 2.45) is 5.14 Å². The van der Waals surface area contributed by atoms with Crippen molar-refractivity contribution >= 4 is 27.6 Å². The summed E-state index contributed by atoms with van der Waals surface area (Å²) in [5.74, 6) is 0.0185. The molecule has 2 aromatic carbocycles. The SMILES string of the molecule is Cc1nc(N)ncc1-c1cc(-c2cccc(C(F)(F)F)c2)c(Cl)c(S(N)(=O)=O)c1. The minimum absolute atomic E-state index is 0.0185. The van der Waals surface area contributed by atoms with Gasteiger partial charge in [-0.15, -0.1) is 0 Å². The largest absolute Gasteiger partial charge is 0.416 e. The molecule has 0 radical (unpaired) electrons. The molecule has 0 aliphatic heterocycles. The Morgan fingerprint density at radius 2 is 1.76 bits per heavy atom. The van der Waals surface area contributed by atoms with Crippen LogP contribution in [0.1, 0.15) is 11.3 Å². The summed E-state index contributed by atoms with van der Waals surface area (Å²) in [5, 5.41) is 4.98. The molecule has 0 amide bonds. The number of sulfonamides is 1. The molecule has 0 aliphatic rings. The van der Waals surface area contributed by atoms with Crippen LogP contribution >= 0.6 is 11.6 Å². The Bertz CT molecular complexity index is 1210. The Hall–Kier alpha value is -2.69. The molecule has 0 fully saturated rings. The van der Waals surface area contributed by atoms with E-state index in [1.165, 1.54) is 30.5 Å². The van der Waals surface area contributed by atoms with E-state index in [4.69, 9.17) is 22.5 Å². The third-order valence-electron chi connectivity index (χ3n) is 4.16. The number of nitrogens with zero attached hydrogens (tertiary/aromatic N) is 2. The van der Waals surface area contributed by atoms with Crippen molar-refractivity contribution in [2.45, 2.75) is 18.0 Å². The molecule has 6 nitrogen and oxygen atoms in total. The first-order valence-electron chi connectivity index (χ1n) is 8.01. The van der Waals surface area contributed by atoms with Crippen LogP contribution in [0.3, 0.4) is 0 Å². The topological polar surface area (TPSA) is 112 Å². The highest BCUT2D eigenvalue weighted by atomic mass is 35.5. The standard InChI is InChI=1S/C18H14ClF3N4O2S/c1-9-14(8-25-17(23)26-9)11-6-13(16(19)15(7-11)29(24,27)28)10-3-2-4-12(5-10)18(20,21)22/h2-8H,1H3,(H2,23,25,26)(H2,24,27,28). The number of nitrogen functional groups attached to an aromatic ring is 1. The molecule has 0 saturated heterocycles. The molecule has 29 heavy (non-hydrogen) atoms. The number of hydrogen-bond acceptors (Lipinski definition) is 5. The lowest BCUT2D eigenvalue weighted by Gasteiger charge is -2.15. The van der Waals surface area contributed by atoms with E-state index >= 15 is 0 Å². The van der Waals surface area contributed by atoms with Crippen molar-refractivity contribution in [3.8, 4) is 22.3 Å². The van der Waals surface area contributed by atoms with Gasteiger partial charge in [0.2, 0.25) is 16.0 Å². The van der Waals surface area contributed by atoms with Gasteiger partial charge in [0, 0.05) is 17.3 Å². The zero-order valence-corrected chi connectivity index (χ0v) is 16.4. The molecule has 4 N–H and O–H groups in total. The number of nitrogens with two attached hydrogens (primary N) is 2. The van der Waals surface area contributed by atoms with E-state index in [-0.39, 0.29) is 22.1 Å². The van der Waals surface area contributed by atoms with Crippen LogP contribution in [-0.2, 0) is 16.2 Å². The average molecular weight is 443 g/mol. The zero-order chi connectivity index (χ0) is 21.6. The number of aryl methyl sites for hydroxylation is 1. The summed E-state index contributed by atoms with van der Waals surface area (Å²) in [6.07, 6.45) is -3.20. The second-order valence-electron chi connectivity index (χ2n) is 6.19. The molecule has 0 bridgehead atoms. The number of benzene rings is 2. The van der Waals surface area contributed by atoms with Gasteiger partial charge in [-0.1, -0.05) is 23.7 Å². The van der Waals surface area contributed by atoms with Gasteiger partial charge in [0.05, 0.1) is 16.3 Å². The van der Waals surface area contributed by atoms with Gasteiger partial charge >= 0.3 is 6.18 Å². The summed E-state index contributed by atoms with van der Waals surface area (Å²) < 4.78 is 63.4. The van der Waals surface area contributed by atoms with Gasteiger partial charge in [0.25, 0.3) is 0 Å². The van der Waals surface area contributed by atoms with E-state index in [9.17, 15) is 21.6 Å². The molecule has 0 unspecified atom stereocenters. The normalized spacial score (nSPS) is 12.2. The first-order chi connectivity index (χ1) is 13.4. The fourth-order valence-electron chi connectivity index (χ4n) is 2.80. The number of halogens is 4. The van der Waals surface area contributed by atoms with Crippen LogP contribution in [0.5, 0.6) is 0 Å². The maximum atomic E-state index is 13.1. The highest BCUT2D eigenvalue weighted by Gasteiger charge is 2.31. The Morgan fingerprint density at radius 1 is 1.07 bits per heavy atom. The maximum absolute atomic E-state index is 13.1. The second kappa shape index (κ2) is 7.29. The number of alkyl halides is 3. The van der Waals surface area contributed by atoms with Crippen LogP contribution in [0.4, 0.5) is 19.1 Å². The van der Waals surface area contributed by atoms with Crippen molar-refractivity contribution in [1.82, 2.24) is 9.97 Å². The summed E-state index contributed by atoms with van der Waals surface area (Å²) in [5.41, 5.74) is 5.95. The van der Waals surface area contributed by atoms with E-state index in [0.717, 1.165) is 12.1 Å². The quantitative estimate of drug-likeness (QED) is 0.636. The number of aromatic nitrogens is 2. The third-order valence-corrected chi connectivity index (χ3v) is 5.61. The molecule has 3 rings (SSSR count). The first-order valence-corrected chi connectivity index (χ1v) is 9.94. The zero-order valence-electron chi connectivity index (χ0n) is 14.8. The Balaban J connectivity index is 2.33. The minimum Gasteiger partial charge on any atom is -0.368 e. The molecule has 1 heterocycles. The van der Waals surface area contributed by atoms with Crippen LogP contribution in [0, 0.1) is 6.92 Å². The number of rotatable bonds is 3. The molecule has 152 valence electrons. The van der Waals surface area contributed by atoms with E-state index in [0.29, 0.717) is 16.8 Å².